The second kappa shape index (κ2) is 10.2. The molecule has 0 aromatic heterocycles. The fourth-order valence-electron chi connectivity index (χ4n) is 4.62. The third kappa shape index (κ3) is 7.06. The Hall–Kier alpha value is -1.87. The van der Waals surface area contributed by atoms with E-state index in [1.165, 1.54) is 12.1 Å². The number of rotatable bonds is 5. The van der Waals surface area contributed by atoms with Crippen molar-refractivity contribution >= 4 is 15.9 Å². The molecule has 1 unspecified atom stereocenters. The zero-order valence-corrected chi connectivity index (χ0v) is 21.2. The summed E-state index contributed by atoms with van der Waals surface area (Å²) in [7, 11) is -3.44. The number of carbonyl (C=O) groups is 1. The highest BCUT2D eigenvalue weighted by molar-refractivity contribution is 7.90. The van der Waals surface area contributed by atoms with E-state index in [2.05, 4.69) is 11.8 Å². The van der Waals surface area contributed by atoms with E-state index in [1.54, 1.807) is 0 Å². The fraction of sp³-hybridized carbons (Fsp3) is 0.708. The Morgan fingerprint density at radius 2 is 1.82 bits per heavy atom. The summed E-state index contributed by atoms with van der Waals surface area (Å²) >= 11 is 0. The van der Waals surface area contributed by atoms with E-state index in [9.17, 15) is 17.6 Å². The van der Waals surface area contributed by atoms with Crippen LogP contribution in [0.2, 0.25) is 0 Å². The Balaban J connectivity index is 1.45. The number of hydrogen-bond acceptors (Lipinski definition) is 6. The summed E-state index contributed by atoms with van der Waals surface area (Å²) in [6.45, 7) is 10.5. The van der Waals surface area contributed by atoms with Crippen LogP contribution in [0.5, 0.6) is 5.75 Å². The molecule has 2 aliphatic rings. The van der Waals surface area contributed by atoms with Gasteiger partial charge in [0, 0.05) is 38.0 Å². The molecule has 1 aromatic rings. The van der Waals surface area contributed by atoms with Gasteiger partial charge in [0.1, 0.15) is 5.60 Å². The fourth-order valence-corrected chi connectivity index (χ4v) is 5.26. The molecule has 7 nitrogen and oxygen atoms in total. The first-order valence-electron chi connectivity index (χ1n) is 11.7. The topological polar surface area (TPSA) is 76.2 Å². The van der Waals surface area contributed by atoms with E-state index in [1.807, 2.05) is 25.7 Å². The molecule has 1 heterocycles. The van der Waals surface area contributed by atoms with Gasteiger partial charge in [0.05, 0.1) is 11.5 Å². The molecule has 1 amide bonds. The number of halogens is 1. The molecular formula is C24H37FN2O5S. The lowest BCUT2D eigenvalue weighted by Gasteiger charge is -2.45. The van der Waals surface area contributed by atoms with Crippen molar-refractivity contribution in [3.8, 4) is 5.75 Å². The van der Waals surface area contributed by atoms with Gasteiger partial charge in [-0.2, -0.15) is 0 Å². The first-order chi connectivity index (χ1) is 15.3. The SMILES string of the molecule is CC1CN(C2CCC(COc3ccc(S(C)(=O)=O)cc3F)CC2)CCN1C(=O)OC(C)(C)C. The summed E-state index contributed by atoms with van der Waals surface area (Å²) < 4.78 is 48.5. The van der Waals surface area contributed by atoms with Crippen LogP contribution in [0.25, 0.3) is 0 Å². The van der Waals surface area contributed by atoms with Crippen LogP contribution in [-0.4, -0.2) is 74.5 Å². The van der Waals surface area contributed by atoms with Crippen LogP contribution in [0, 0.1) is 11.7 Å². The summed E-state index contributed by atoms with van der Waals surface area (Å²) in [5.41, 5.74) is -0.493. The average Bonchev–Trinajstić information content (AvgIpc) is 2.71. The molecule has 1 aliphatic carbocycles. The summed E-state index contributed by atoms with van der Waals surface area (Å²) in [5, 5.41) is 0. The van der Waals surface area contributed by atoms with Gasteiger partial charge in [-0.05, 0) is 77.5 Å². The maximum Gasteiger partial charge on any atom is 0.410 e. The molecule has 1 atom stereocenters. The first-order valence-corrected chi connectivity index (χ1v) is 13.6. The number of amides is 1. The zero-order valence-electron chi connectivity index (χ0n) is 20.3. The molecule has 9 heteroatoms. The van der Waals surface area contributed by atoms with Crippen molar-refractivity contribution in [3.63, 3.8) is 0 Å². The van der Waals surface area contributed by atoms with Crippen LogP contribution in [0.3, 0.4) is 0 Å². The van der Waals surface area contributed by atoms with Gasteiger partial charge in [-0.15, -0.1) is 0 Å². The lowest BCUT2D eigenvalue weighted by molar-refractivity contribution is -0.00904. The second-order valence-corrected chi connectivity index (χ2v) is 12.4. The van der Waals surface area contributed by atoms with Crippen LogP contribution in [0.15, 0.2) is 23.1 Å². The summed E-state index contributed by atoms with van der Waals surface area (Å²) in [6.07, 6.45) is 4.89. The van der Waals surface area contributed by atoms with Gasteiger partial charge >= 0.3 is 6.09 Å². The monoisotopic (exact) mass is 484 g/mol. The average molecular weight is 485 g/mol. The van der Waals surface area contributed by atoms with E-state index < -0.39 is 21.3 Å². The van der Waals surface area contributed by atoms with Gasteiger partial charge in [-0.3, -0.25) is 4.90 Å². The summed E-state index contributed by atoms with van der Waals surface area (Å²) in [6, 6.07) is 4.37. The summed E-state index contributed by atoms with van der Waals surface area (Å²) in [4.78, 5) is 16.7. The minimum Gasteiger partial charge on any atom is -0.490 e. The highest BCUT2D eigenvalue weighted by Crippen LogP contribution is 2.30. The van der Waals surface area contributed by atoms with Crippen LogP contribution in [-0.2, 0) is 14.6 Å². The number of carbonyl (C=O) groups excluding carboxylic acids is 1. The highest BCUT2D eigenvalue weighted by Gasteiger charge is 2.34. The van der Waals surface area contributed by atoms with Gasteiger partial charge in [-0.1, -0.05) is 0 Å². The first kappa shape index (κ1) is 25.7. The lowest BCUT2D eigenvalue weighted by Crippen LogP contribution is -2.57. The Kier molecular flexibility index (Phi) is 7.94. The molecule has 1 aliphatic heterocycles. The van der Waals surface area contributed by atoms with Gasteiger partial charge in [0.15, 0.2) is 21.4 Å². The van der Waals surface area contributed by atoms with Crippen molar-refractivity contribution in [1.29, 1.82) is 0 Å². The maximum atomic E-state index is 14.2. The largest absolute Gasteiger partial charge is 0.490 e. The zero-order chi connectivity index (χ0) is 24.4. The Morgan fingerprint density at radius 1 is 1.15 bits per heavy atom. The van der Waals surface area contributed by atoms with Gasteiger partial charge in [-0.25, -0.2) is 17.6 Å². The van der Waals surface area contributed by atoms with E-state index in [4.69, 9.17) is 9.47 Å². The number of hydrogen-bond donors (Lipinski definition) is 0. The van der Waals surface area contributed by atoms with Crippen molar-refractivity contribution in [2.45, 2.75) is 76.0 Å². The molecule has 1 saturated heterocycles. The Bertz CT molecular complexity index is 939. The maximum absolute atomic E-state index is 14.2. The predicted molar refractivity (Wildman–Crippen MR) is 125 cm³/mol. The smallest absolute Gasteiger partial charge is 0.410 e. The molecule has 0 bridgehead atoms. The van der Waals surface area contributed by atoms with Crippen molar-refractivity contribution in [2.24, 2.45) is 5.92 Å². The number of piperazine rings is 1. The number of nitrogens with zero attached hydrogens (tertiary/aromatic N) is 2. The molecule has 0 spiro atoms. The molecule has 0 radical (unpaired) electrons. The summed E-state index contributed by atoms with van der Waals surface area (Å²) in [5.74, 6) is -0.212. The molecule has 1 saturated carbocycles. The van der Waals surface area contributed by atoms with Crippen molar-refractivity contribution in [1.82, 2.24) is 9.80 Å². The van der Waals surface area contributed by atoms with Gasteiger partial charge in [0.25, 0.3) is 0 Å². The molecule has 186 valence electrons. The highest BCUT2D eigenvalue weighted by atomic mass is 32.2. The molecule has 2 fully saturated rings. The third-order valence-electron chi connectivity index (χ3n) is 6.43. The normalized spacial score (nSPS) is 25.0. The molecule has 0 N–H and O–H groups in total. The Labute approximate surface area is 197 Å². The number of benzene rings is 1. The quantitative estimate of drug-likeness (QED) is 0.626. The lowest BCUT2D eigenvalue weighted by atomic mass is 9.85. The molecule has 33 heavy (non-hydrogen) atoms. The second-order valence-electron chi connectivity index (χ2n) is 10.4. The van der Waals surface area contributed by atoms with Crippen LogP contribution >= 0.6 is 0 Å². The van der Waals surface area contributed by atoms with E-state index >= 15 is 0 Å². The van der Waals surface area contributed by atoms with Gasteiger partial charge < -0.3 is 14.4 Å². The van der Waals surface area contributed by atoms with Gasteiger partial charge in [0.2, 0.25) is 0 Å². The Morgan fingerprint density at radius 3 is 2.36 bits per heavy atom. The van der Waals surface area contributed by atoms with Crippen molar-refractivity contribution in [2.75, 3.05) is 32.5 Å². The standard InChI is InChI=1S/C24H37FN2O5S/c1-17-15-26(12-13-27(17)23(28)32-24(2,3)4)19-8-6-18(7-9-19)16-31-22-11-10-20(14-21(22)25)33(5,29)30/h10-11,14,17-19H,6-9,12-13,15-16H2,1-5H3. The minimum atomic E-state index is -3.44. The van der Waals surface area contributed by atoms with Crippen LogP contribution in [0.1, 0.15) is 53.4 Å². The van der Waals surface area contributed by atoms with Crippen LogP contribution < -0.4 is 4.74 Å². The molecule has 1 aromatic carbocycles. The predicted octanol–water partition coefficient (Wildman–Crippen LogP) is 4.11. The number of sulfone groups is 1. The van der Waals surface area contributed by atoms with E-state index in [0.29, 0.717) is 25.1 Å². The van der Waals surface area contributed by atoms with Crippen molar-refractivity contribution in [3.05, 3.63) is 24.0 Å². The van der Waals surface area contributed by atoms with Crippen LogP contribution in [0.4, 0.5) is 9.18 Å². The van der Waals surface area contributed by atoms with E-state index in [0.717, 1.165) is 51.1 Å². The van der Waals surface area contributed by atoms with E-state index in [-0.39, 0.29) is 22.8 Å². The molecular weight excluding hydrogens is 447 g/mol. The minimum absolute atomic E-state index is 0.0474. The number of ether oxygens (including phenoxy) is 2. The third-order valence-corrected chi connectivity index (χ3v) is 7.54. The molecule has 3 rings (SSSR count). The van der Waals surface area contributed by atoms with Crippen molar-refractivity contribution < 1.29 is 27.1 Å².